The van der Waals surface area contributed by atoms with Crippen LogP contribution in [0.5, 0.6) is 0 Å². The number of nitrogens with one attached hydrogen (secondary N) is 1. The van der Waals surface area contributed by atoms with Crippen LogP contribution in [-0.4, -0.2) is 10.9 Å². The lowest BCUT2D eigenvalue weighted by molar-refractivity contribution is 0.0940. The summed E-state index contributed by atoms with van der Waals surface area (Å²) in [6.45, 7) is 3.86. The van der Waals surface area contributed by atoms with Gasteiger partial charge in [-0.3, -0.25) is 4.79 Å². The number of carbonyl (C=O) groups excluding carboxylic acids is 1. The predicted octanol–water partition coefficient (Wildman–Crippen LogP) is 2.52. The van der Waals surface area contributed by atoms with Crippen LogP contribution >= 0.6 is 11.3 Å². The smallest absolute Gasteiger partial charge is 0.251 e. The van der Waals surface area contributed by atoms with E-state index in [1.807, 2.05) is 19.2 Å². The van der Waals surface area contributed by atoms with Crippen molar-refractivity contribution in [2.45, 2.75) is 19.9 Å². The number of amides is 1. The normalized spacial score (nSPS) is 12.1. The minimum Gasteiger partial charge on any atom is -0.399 e. The number of carbonyl (C=O) groups is 1. The van der Waals surface area contributed by atoms with Crippen LogP contribution < -0.4 is 11.1 Å². The van der Waals surface area contributed by atoms with Crippen molar-refractivity contribution in [2.24, 2.45) is 0 Å². The Morgan fingerprint density at radius 1 is 1.39 bits per heavy atom. The first kappa shape index (κ1) is 12.6. The van der Waals surface area contributed by atoms with Crippen LogP contribution in [0.2, 0.25) is 0 Å². The summed E-state index contributed by atoms with van der Waals surface area (Å²) in [6, 6.07) is 6.77. The van der Waals surface area contributed by atoms with Crippen LogP contribution in [0.4, 0.5) is 5.69 Å². The third-order valence-electron chi connectivity index (χ3n) is 2.53. The number of hydrogen-bond donors (Lipinski definition) is 2. The zero-order chi connectivity index (χ0) is 13.1. The molecule has 0 spiro atoms. The largest absolute Gasteiger partial charge is 0.399 e. The number of aryl methyl sites for hydroxylation is 1. The molecule has 1 heterocycles. The number of aromatic nitrogens is 1. The van der Waals surface area contributed by atoms with Crippen molar-refractivity contribution in [3.8, 4) is 0 Å². The Kier molecular flexibility index (Phi) is 3.62. The fourth-order valence-electron chi connectivity index (χ4n) is 1.55. The fourth-order valence-corrected chi connectivity index (χ4v) is 2.35. The molecule has 3 N–H and O–H groups in total. The van der Waals surface area contributed by atoms with E-state index >= 15 is 0 Å². The van der Waals surface area contributed by atoms with Crippen LogP contribution in [0, 0.1) is 6.92 Å². The van der Waals surface area contributed by atoms with Gasteiger partial charge >= 0.3 is 0 Å². The molecular formula is C13H15N3OS. The second kappa shape index (κ2) is 5.18. The van der Waals surface area contributed by atoms with Gasteiger partial charge in [0, 0.05) is 22.3 Å². The van der Waals surface area contributed by atoms with Gasteiger partial charge in [-0.25, -0.2) is 4.98 Å². The number of benzene rings is 1. The van der Waals surface area contributed by atoms with Gasteiger partial charge in [0.15, 0.2) is 0 Å². The molecule has 0 bridgehead atoms. The molecule has 1 unspecified atom stereocenters. The van der Waals surface area contributed by atoms with Gasteiger partial charge in [0.25, 0.3) is 5.91 Å². The molecule has 2 aromatic rings. The van der Waals surface area contributed by atoms with E-state index in [1.165, 1.54) is 0 Å². The molecule has 1 aromatic carbocycles. The first-order valence-corrected chi connectivity index (χ1v) is 6.52. The van der Waals surface area contributed by atoms with Crippen molar-refractivity contribution in [1.29, 1.82) is 0 Å². The summed E-state index contributed by atoms with van der Waals surface area (Å²) in [7, 11) is 0. The fraction of sp³-hybridized carbons (Fsp3) is 0.231. The molecule has 1 aromatic heterocycles. The summed E-state index contributed by atoms with van der Waals surface area (Å²) in [5, 5.41) is 5.80. The lowest BCUT2D eigenvalue weighted by Crippen LogP contribution is -2.26. The van der Waals surface area contributed by atoms with Gasteiger partial charge in [-0.2, -0.15) is 0 Å². The molecule has 0 fully saturated rings. The average molecular weight is 261 g/mol. The molecular weight excluding hydrogens is 246 g/mol. The Morgan fingerprint density at radius 3 is 2.61 bits per heavy atom. The molecule has 0 saturated carbocycles. The summed E-state index contributed by atoms with van der Waals surface area (Å²) in [4.78, 5) is 16.3. The third kappa shape index (κ3) is 2.87. The molecule has 0 aliphatic heterocycles. The molecule has 5 heteroatoms. The minimum absolute atomic E-state index is 0.0891. The van der Waals surface area contributed by atoms with Crippen molar-refractivity contribution >= 4 is 22.9 Å². The Hall–Kier alpha value is -1.88. The maximum Gasteiger partial charge on any atom is 0.251 e. The number of thiazole rings is 1. The van der Waals surface area contributed by atoms with E-state index in [0.717, 1.165) is 10.7 Å². The Balaban J connectivity index is 2.05. The highest BCUT2D eigenvalue weighted by atomic mass is 32.1. The number of rotatable bonds is 3. The van der Waals surface area contributed by atoms with E-state index in [1.54, 1.807) is 35.6 Å². The molecule has 0 aliphatic carbocycles. The van der Waals surface area contributed by atoms with E-state index in [0.29, 0.717) is 11.3 Å². The minimum atomic E-state index is -0.115. The van der Waals surface area contributed by atoms with Gasteiger partial charge in [0.05, 0.1) is 6.04 Å². The molecule has 1 amide bonds. The van der Waals surface area contributed by atoms with Gasteiger partial charge in [0.1, 0.15) is 5.01 Å². The highest BCUT2D eigenvalue weighted by Gasteiger charge is 2.13. The lowest BCUT2D eigenvalue weighted by Gasteiger charge is -2.11. The van der Waals surface area contributed by atoms with E-state index in [9.17, 15) is 4.79 Å². The van der Waals surface area contributed by atoms with Gasteiger partial charge in [0.2, 0.25) is 0 Å². The van der Waals surface area contributed by atoms with E-state index in [4.69, 9.17) is 5.73 Å². The van der Waals surface area contributed by atoms with Crippen molar-refractivity contribution in [3.63, 3.8) is 0 Å². The number of anilines is 1. The molecule has 0 saturated heterocycles. The quantitative estimate of drug-likeness (QED) is 0.834. The Bertz CT molecular complexity index is 548. The molecule has 18 heavy (non-hydrogen) atoms. The number of nitrogens with zero attached hydrogens (tertiary/aromatic N) is 1. The number of hydrogen-bond acceptors (Lipinski definition) is 4. The molecule has 0 aliphatic rings. The SMILES string of the molecule is Cc1csc(C(C)NC(=O)c2ccc(N)cc2)n1. The first-order valence-electron chi connectivity index (χ1n) is 5.64. The highest BCUT2D eigenvalue weighted by molar-refractivity contribution is 7.09. The maximum atomic E-state index is 12.0. The summed E-state index contributed by atoms with van der Waals surface area (Å²) in [5.41, 5.74) is 7.81. The molecule has 0 radical (unpaired) electrons. The van der Waals surface area contributed by atoms with E-state index in [2.05, 4.69) is 10.3 Å². The molecule has 1 atom stereocenters. The Morgan fingerprint density at radius 2 is 2.06 bits per heavy atom. The van der Waals surface area contributed by atoms with Gasteiger partial charge in [-0.1, -0.05) is 0 Å². The zero-order valence-corrected chi connectivity index (χ0v) is 11.1. The highest BCUT2D eigenvalue weighted by Crippen LogP contribution is 2.18. The van der Waals surface area contributed by atoms with Crippen molar-refractivity contribution < 1.29 is 4.79 Å². The van der Waals surface area contributed by atoms with Crippen LogP contribution in [0.25, 0.3) is 0 Å². The van der Waals surface area contributed by atoms with Crippen molar-refractivity contribution in [2.75, 3.05) is 5.73 Å². The summed E-state index contributed by atoms with van der Waals surface area (Å²) in [6.07, 6.45) is 0. The van der Waals surface area contributed by atoms with E-state index in [-0.39, 0.29) is 11.9 Å². The number of nitrogen functional groups attached to an aromatic ring is 1. The standard InChI is InChI=1S/C13H15N3OS/c1-8-7-18-13(15-8)9(2)16-12(17)10-3-5-11(14)6-4-10/h3-7,9H,14H2,1-2H3,(H,16,17). The van der Waals surface area contributed by atoms with Crippen LogP contribution in [0.3, 0.4) is 0 Å². The second-order valence-electron chi connectivity index (χ2n) is 4.14. The van der Waals surface area contributed by atoms with Gasteiger partial charge in [-0.15, -0.1) is 11.3 Å². The predicted molar refractivity (Wildman–Crippen MR) is 73.6 cm³/mol. The molecule has 2 rings (SSSR count). The second-order valence-corrected chi connectivity index (χ2v) is 5.03. The zero-order valence-electron chi connectivity index (χ0n) is 10.3. The summed E-state index contributed by atoms with van der Waals surface area (Å²) in [5.74, 6) is -0.115. The Labute approximate surface area is 110 Å². The van der Waals surface area contributed by atoms with Gasteiger partial charge < -0.3 is 11.1 Å². The van der Waals surface area contributed by atoms with Crippen molar-refractivity contribution in [3.05, 3.63) is 45.9 Å². The van der Waals surface area contributed by atoms with Crippen LogP contribution in [-0.2, 0) is 0 Å². The van der Waals surface area contributed by atoms with Crippen molar-refractivity contribution in [1.82, 2.24) is 10.3 Å². The lowest BCUT2D eigenvalue weighted by atomic mass is 10.2. The number of nitrogens with two attached hydrogens (primary N) is 1. The average Bonchev–Trinajstić information content (AvgIpc) is 2.76. The molecule has 4 nitrogen and oxygen atoms in total. The van der Waals surface area contributed by atoms with Crippen LogP contribution in [0.1, 0.15) is 34.0 Å². The summed E-state index contributed by atoms with van der Waals surface area (Å²) < 4.78 is 0. The van der Waals surface area contributed by atoms with Gasteiger partial charge in [-0.05, 0) is 38.1 Å². The summed E-state index contributed by atoms with van der Waals surface area (Å²) >= 11 is 1.55. The maximum absolute atomic E-state index is 12.0. The monoisotopic (exact) mass is 261 g/mol. The van der Waals surface area contributed by atoms with Crippen LogP contribution in [0.15, 0.2) is 29.6 Å². The first-order chi connectivity index (χ1) is 8.56. The topological polar surface area (TPSA) is 68.0 Å². The van der Waals surface area contributed by atoms with E-state index < -0.39 is 0 Å². The molecule has 94 valence electrons. The third-order valence-corrected chi connectivity index (χ3v) is 3.67.